The number of fused-ring (bicyclic) bond motifs is 2. The Morgan fingerprint density at radius 1 is 1.21 bits per heavy atom. The number of nitrogens with one attached hydrogen (secondary N) is 1. The van der Waals surface area contributed by atoms with Gasteiger partial charge >= 0.3 is 0 Å². The van der Waals surface area contributed by atoms with Gasteiger partial charge in [0.25, 0.3) is 0 Å². The molecule has 7 nitrogen and oxygen atoms in total. The Morgan fingerprint density at radius 3 is 2.93 bits per heavy atom. The normalized spacial score (nSPS) is 21.5. The molecule has 1 saturated heterocycles. The maximum atomic E-state index is 12.6. The third kappa shape index (κ3) is 3.91. The number of rotatable bonds is 1. The van der Waals surface area contributed by atoms with E-state index in [1.807, 2.05) is 26.0 Å². The average Bonchev–Trinajstić information content (AvgIpc) is 3.27. The molecule has 0 saturated carbocycles. The molecule has 150 valence electrons. The van der Waals surface area contributed by atoms with E-state index in [2.05, 4.69) is 21.4 Å². The van der Waals surface area contributed by atoms with E-state index in [9.17, 15) is 4.79 Å². The van der Waals surface area contributed by atoms with Gasteiger partial charge in [-0.25, -0.2) is 0 Å². The van der Waals surface area contributed by atoms with Gasteiger partial charge in [-0.2, -0.15) is 0 Å². The quantitative estimate of drug-likeness (QED) is 0.813. The van der Waals surface area contributed by atoms with E-state index < -0.39 is 0 Å². The molecule has 0 unspecified atom stereocenters. The Hall–Kier alpha value is -2.38. The summed E-state index contributed by atoms with van der Waals surface area (Å²) < 4.78 is 16.9. The zero-order chi connectivity index (χ0) is 19.5. The molecule has 1 aromatic heterocycles. The second-order valence-corrected chi connectivity index (χ2v) is 7.40. The first-order valence-corrected chi connectivity index (χ1v) is 9.92. The molecule has 1 fully saturated rings. The highest BCUT2D eigenvalue weighted by molar-refractivity contribution is 5.82. The number of hydrogen-bond donors (Lipinski definition) is 1. The van der Waals surface area contributed by atoms with Crippen molar-refractivity contribution in [3.05, 3.63) is 35.2 Å². The Morgan fingerprint density at radius 2 is 2.11 bits per heavy atom. The minimum Gasteiger partial charge on any atom is -0.491 e. The third-order valence-corrected chi connectivity index (χ3v) is 5.45. The lowest BCUT2D eigenvalue weighted by Gasteiger charge is -2.24. The number of carbonyl (C=O) groups excluding carboxylic acids is 1. The van der Waals surface area contributed by atoms with Crippen LogP contribution in [0.3, 0.4) is 0 Å². The lowest BCUT2D eigenvalue weighted by atomic mass is 10.0. The van der Waals surface area contributed by atoms with Crippen molar-refractivity contribution < 1.29 is 18.8 Å². The predicted molar refractivity (Wildman–Crippen MR) is 104 cm³/mol. The largest absolute Gasteiger partial charge is 0.491 e. The number of amides is 1. The summed E-state index contributed by atoms with van der Waals surface area (Å²) in [5.74, 6) is 1.73. The van der Waals surface area contributed by atoms with Gasteiger partial charge < -0.3 is 19.3 Å². The fraction of sp³-hybridized carbons (Fsp3) is 0.524. The first-order chi connectivity index (χ1) is 13.6. The molecule has 0 radical (unpaired) electrons. The van der Waals surface area contributed by atoms with E-state index in [0.717, 1.165) is 53.3 Å². The Labute approximate surface area is 165 Å². The summed E-state index contributed by atoms with van der Waals surface area (Å²) in [5.41, 5.74) is 4.01. The van der Waals surface area contributed by atoms with Gasteiger partial charge in [0.1, 0.15) is 18.1 Å². The minimum absolute atomic E-state index is 0.0877. The van der Waals surface area contributed by atoms with Gasteiger partial charge in [-0.1, -0.05) is 11.2 Å². The maximum absolute atomic E-state index is 12.6. The number of ether oxygens (including phenoxy) is 2. The van der Waals surface area contributed by atoms with E-state index >= 15 is 0 Å². The van der Waals surface area contributed by atoms with Crippen molar-refractivity contribution in [1.82, 2.24) is 15.4 Å². The number of carbonyl (C=O) groups is 1. The summed E-state index contributed by atoms with van der Waals surface area (Å²) in [7, 11) is 0. The van der Waals surface area contributed by atoms with Crippen LogP contribution in [0.5, 0.6) is 5.75 Å². The highest BCUT2D eigenvalue weighted by Gasteiger charge is 2.31. The predicted octanol–water partition coefficient (Wildman–Crippen LogP) is 2.45. The molecular formula is C21H27N3O4. The molecule has 1 amide bonds. The fourth-order valence-electron chi connectivity index (χ4n) is 4.10. The van der Waals surface area contributed by atoms with Gasteiger partial charge in [-0.05, 0) is 50.9 Å². The van der Waals surface area contributed by atoms with Crippen LogP contribution in [0.25, 0.3) is 11.1 Å². The van der Waals surface area contributed by atoms with E-state index in [4.69, 9.17) is 14.0 Å². The van der Waals surface area contributed by atoms with Crippen LogP contribution in [0.4, 0.5) is 0 Å². The Bertz CT molecular complexity index is 829. The smallest absolute Gasteiger partial charge is 0.237 e. The van der Waals surface area contributed by atoms with Gasteiger partial charge in [0.2, 0.25) is 5.91 Å². The number of nitrogens with zero attached hydrogens (tertiary/aromatic N) is 2. The van der Waals surface area contributed by atoms with Gasteiger partial charge in [0.15, 0.2) is 0 Å². The average molecular weight is 385 g/mol. The molecule has 0 spiro atoms. The van der Waals surface area contributed by atoms with E-state index in [1.165, 1.54) is 0 Å². The van der Waals surface area contributed by atoms with Crippen molar-refractivity contribution in [2.75, 3.05) is 32.9 Å². The van der Waals surface area contributed by atoms with Crippen LogP contribution in [0.15, 0.2) is 22.7 Å². The summed E-state index contributed by atoms with van der Waals surface area (Å²) in [5, 5.41) is 7.07. The van der Waals surface area contributed by atoms with Crippen LogP contribution < -0.4 is 10.1 Å². The Balaban J connectivity index is 1.68. The molecule has 0 aliphatic carbocycles. The van der Waals surface area contributed by atoms with E-state index in [0.29, 0.717) is 32.9 Å². The summed E-state index contributed by atoms with van der Waals surface area (Å²) in [6.07, 6.45) is 1.90. The van der Waals surface area contributed by atoms with Crippen LogP contribution in [-0.2, 0) is 16.1 Å². The Kier molecular flexibility index (Phi) is 5.64. The van der Waals surface area contributed by atoms with Gasteiger partial charge in [0, 0.05) is 24.2 Å². The van der Waals surface area contributed by atoms with Crippen LogP contribution in [0.1, 0.15) is 29.9 Å². The van der Waals surface area contributed by atoms with Crippen molar-refractivity contribution >= 4 is 5.91 Å². The van der Waals surface area contributed by atoms with E-state index in [-0.39, 0.29) is 11.9 Å². The molecule has 1 N–H and O–H groups in total. The minimum atomic E-state index is -0.101. The number of aryl methyl sites for hydroxylation is 2. The molecule has 0 bridgehead atoms. The molecular weight excluding hydrogens is 358 g/mol. The molecule has 2 aliphatic rings. The monoisotopic (exact) mass is 385 g/mol. The summed E-state index contributed by atoms with van der Waals surface area (Å²) in [4.78, 5) is 14.8. The van der Waals surface area contributed by atoms with Gasteiger partial charge in [-0.3, -0.25) is 9.69 Å². The van der Waals surface area contributed by atoms with Crippen LogP contribution in [0.2, 0.25) is 0 Å². The highest BCUT2D eigenvalue weighted by Crippen LogP contribution is 2.33. The lowest BCUT2D eigenvalue weighted by Crippen LogP contribution is -2.43. The standard InChI is InChI=1S/C21H27N3O4/c1-14-20(15(2)28-23-14)16-5-6-19-17(12-16)13-24-8-3-4-18(24)21(25)22-7-9-26-10-11-27-19/h5-6,12,18H,3-4,7-11,13H2,1-2H3,(H,22,25)/t18-/m0/s1. The second-order valence-electron chi connectivity index (χ2n) is 7.40. The summed E-state index contributed by atoms with van der Waals surface area (Å²) >= 11 is 0. The summed E-state index contributed by atoms with van der Waals surface area (Å²) in [6, 6.07) is 6.08. The lowest BCUT2D eigenvalue weighted by molar-refractivity contribution is -0.125. The molecule has 28 heavy (non-hydrogen) atoms. The van der Waals surface area contributed by atoms with Crippen LogP contribution in [0, 0.1) is 13.8 Å². The van der Waals surface area contributed by atoms with Crippen LogP contribution in [-0.4, -0.2) is 54.9 Å². The molecule has 7 heteroatoms. The molecule has 1 aromatic carbocycles. The van der Waals surface area contributed by atoms with Gasteiger partial charge in [-0.15, -0.1) is 0 Å². The highest BCUT2D eigenvalue weighted by atomic mass is 16.5. The molecule has 2 aliphatic heterocycles. The summed E-state index contributed by atoms with van der Waals surface area (Å²) in [6.45, 7) is 7.46. The van der Waals surface area contributed by atoms with Crippen molar-refractivity contribution in [3.8, 4) is 16.9 Å². The van der Waals surface area contributed by atoms with Gasteiger partial charge in [0.05, 0.1) is 24.9 Å². The third-order valence-electron chi connectivity index (χ3n) is 5.45. The molecule has 2 aromatic rings. The number of aromatic nitrogens is 1. The first-order valence-electron chi connectivity index (χ1n) is 9.92. The zero-order valence-corrected chi connectivity index (χ0v) is 16.5. The maximum Gasteiger partial charge on any atom is 0.237 e. The van der Waals surface area contributed by atoms with E-state index in [1.54, 1.807) is 0 Å². The van der Waals surface area contributed by atoms with Crippen molar-refractivity contribution in [1.29, 1.82) is 0 Å². The molecule has 1 atom stereocenters. The van der Waals surface area contributed by atoms with Crippen molar-refractivity contribution in [2.45, 2.75) is 39.3 Å². The first kappa shape index (κ1) is 19.0. The van der Waals surface area contributed by atoms with Crippen LogP contribution >= 0.6 is 0 Å². The van der Waals surface area contributed by atoms with Crippen molar-refractivity contribution in [2.24, 2.45) is 0 Å². The topological polar surface area (TPSA) is 76.8 Å². The number of hydrogen-bond acceptors (Lipinski definition) is 6. The second kappa shape index (κ2) is 8.32. The zero-order valence-electron chi connectivity index (χ0n) is 16.5. The fourth-order valence-corrected chi connectivity index (χ4v) is 4.10. The molecule has 3 heterocycles. The molecule has 4 rings (SSSR count). The van der Waals surface area contributed by atoms with Crippen molar-refractivity contribution in [3.63, 3.8) is 0 Å². The SMILES string of the molecule is Cc1noc(C)c1-c1ccc2c(c1)CN1CCC[C@H]1C(=O)NCCOCCO2. The number of benzene rings is 1.